The molecule has 5 nitrogen and oxygen atoms in total. The molecule has 0 unspecified atom stereocenters. The van der Waals surface area contributed by atoms with E-state index in [-0.39, 0.29) is 37.7 Å². The lowest BCUT2D eigenvalue weighted by atomic mass is 10.0. The topological polar surface area (TPSA) is 63.7 Å². The lowest BCUT2D eigenvalue weighted by molar-refractivity contribution is -0.127. The van der Waals surface area contributed by atoms with Crippen molar-refractivity contribution in [2.24, 2.45) is 0 Å². The van der Waals surface area contributed by atoms with Gasteiger partial charge in [-0.25, -0.2) is 9.69 Å². The van der Waals surface area contributed by atoms with Gasteiger partial charge in [-0.05, 0) is 6.92 Å². The minimum Gasteiger partial charge on any atom is -0.447 e. The Bertz CT molecular complexity index is 507. The van der Waals surface area contributed by atoms with E-state index < -0.39 is 6.09 Å². The van der Waals surface area contributed by atoms with Crippen molar-refractivity contribution in [2.75, 3.05) is 13.2 Å². The van der Waals surface area contributed by atoms with Gasteiger partial charge in [0.2, 0.25) is 5.91 Å². The minimum absolute atomic E-state index is 0.0296. The van der Waals surface area contributed by atoms with Crippen LogP contribution in [-0.4, -0.2) is 35.8 Å². The van der Waals surface area contributed by atoms with Crippen LogP contribution < -0.4 is 0 Å². The molecular formula is C14H15NO4. The van der Waals surface area contributed by atoms with Crippen LogP contribution in [0, 0.1) is 6.92 Å². The molecule has 1 aromatic rings. The number of ether oxygens (including phenoxy) is 1. The fourth-order valence-corrected chi connectivity index (χ4v) is 1.86. The second-order valence-electron chi connectivity index (χ2n) is 4.45. The van der Waals surface area contributed by atoms with Crippen molar-refractivity contribution in [1.82, 2.24) is 4.90 Å². The number of carbonyl (C=O) groups excluding carboxylic acids is 3. The summed E-state index contributed by atoms with van der Waals surface area (Å²) in [4.78, 5) is 35.8. The van der Waals surface area contributed by atoms with Crippen molar-refractivity contribution in [3.63, 3.8) is 0 Å². The molecule has 0 spiro atoms. The maximum absolute atomic E-state index is 11.9. The predicted octanol–water partition coefficient (Wildman–Crippen LogP) is 1.94. The first-order valence-corrected chi connectivity index (χ1v) is 6.15. The largest absolute Gasteiger partial charge is 0.447 e. The first kappa shape index (κ1) is 13.3. The van der Waals surface area contributed by atoms with E-state index in [0.29, 0.717) is 5.56 Å². The molecule has 0 radical (unpaired) electrons. The van der Waals surface area contributed by atoms with Gasteiger partial charge in [0.1, 0.15) is 6.61 Å². The third-order valence-electron chi connectivity index (χ3n) is 3.00. The molecule has 0 N–H and O–H groups in total. The Morgan fingerprint density at radius 1 is 1.21 bits per heavy atom. The molecule has 0 bridgehead atoms. The normalized spacial score (nSPS) is 14.4. The summed E-state index contributed by atoms with van der Waals surface area (Å²) in [6.45, 7) is 2.45. The Kier molecular flexibility index (Phi) is 3.94. The van der Waals surface area contributed by atoms with Crippen molar-refractivity contribution in [3.05, 3.63) is 35.4 Å². The number of carbonyl (C=O) groups is 3. The van der Waals surface area contributed by atoms with Gasteiger partial charge in [-0.2, -0.15) is 0 Å². The molecule has 100 valence electrons. The molecule has 0 aliphatic carbocycles. The highest BCUT2D eigenvalue weighted by molar-refractivity contribution is 6.00. The van der Waals surface area contributed by atoms with Crippen LogP contribution >= 0.6 is 0 Å². The summed E-state index contributed by atoms with van der Waals surface area (Å²) in [6, 6.07) is 7.19. The predicted molar refractivity (Wildman–Crippen MR) is 67.8 cm³/mol. The van der Waals surface area contributed by atoms with Gasteiger partial charge in [0.15, 0.2) is 5.78 Å². The zero-order valence-corrected chi connectivity index (χ0v) is 10.7. The summed E-state index contributed by atoms with van der Waals surface area (Å²) in [5, 5.41) is 0. The average Bonchev–Trinajstić information content (AvgIpc) is 2.83. The van der Waals surface area contributed by atoms with Gasteiger partial charge in [-0.3, -0.25) is 9.59 Å². The van der Waals surface area contributed by atoms with E-state index in [1.165, 1.54) is 0 Å². The van der Waals surface area contributed by atoms with E-state index in [2.05, 4.69) is 4.74 Å². The quantitative estimate of drug-likeness (QED) is 0.777. The fourth-order valence-electron chi connectivity index (χ4n) is 1.86. The zero-order valence-electron chi connectivity index (χ0n) is 10.7. The van der Waals surface area contributed by atoms with E-state index >= 15 is 0 Å². The van der Waals surface area contributed by atoms with Gasteiger partial charge in [0.25, 0.3) is 0 Å². The average molecular weight is 261 g/mol. The van der Waals surface area contributed by atoms with Gasteiger partial charge < -0.3 is 4.74 Å². The van der Waals surface area contributed by atoms with Gasteiger partial charge in [0, 0.05) is 18.4 Å². The highest BCUT2D eigenvalue weighted by Crippen LogP contribution is 2.11. The molecule has 0 atom stereocenters. The maximum atomic E-state index is 11.9. The summed E-state index contributed by atoms with van der Waals surface area (Å²) in [5.41, 5.74) is 1.66. The highest BCUT2D eigenvalue weighted by Gasteiger charge is 2.28. The molecule has 1 aliphatic heterocycles. The molecule has 1 aromatic carbocycles. The summed E-state index contributed by atoms with van der Waals surface area (Å²) in [7, 11) is 0. The molecule has 2 amide bonds. The second kappa shape index (κ2) is 5.65. The Balaban J connectivity index is 1.88. The summed E-state index contributed by atoms with van der Waals surface area (Å²) < 4.78 is 4.67. The molecule has 1 fully saturated rings. The third-order valence-corrected chi connectivity index (χ3v) is 3.00. The Morgan fingerprint density at radius 3 is 2.47 bits per heavy atom. The van der Waals surface area contributed by atoms with E-state index in [0.717, 1.165) is 10.5 Å². The van der Waals surface area contributed by atoms with Crippen molar-refractivity contribution < 1.29 is 19.1 Å². The monoisotopic (exact) mass is 261 g/mol. The van der Waals surface area contributed by atoms with Crippen LogP contribution in [0.15, 0.2) is 24.3 Å². The summed E-state index contributed by atoms with van der Waals surface area (Å²) in [5.74, 6) is -0.455. The number of hydrogen-bond acceptors (Lipinski definition) is 4. The number of aryl methyl sites for hydroxylation is 1. The molecule has 0 saturated carbocycles. The molecule has 2 rings (SSSR count). The maximum Gasteiger partial charge on any atom is 0.416 e. The van der Waals surface area contributed by atoms with Crippen LogP contribution in [0.5, 0.6) is 0 Å². The number of cyclic esters (lactones) is 1. The van der Waals surface area contributed by atoms with Crippen LogP contribution in [0.2, 0.25) is 0 Å². The van der Waals surface area contributed by atoms with E-state index in [4.69, 9.17) is 0 Å². The minimum atomic E-state index is -0.618. The Labute approximate surface area is 111 Å². The van der Waals surface area contributed by atoms with Crippen LogP contribution in [0.4, 0.5) is 4.79 Å². The first-order chi connectivity index (χ1) is 9.08. The Morgan fingerprint density at radius 2 is 1.89 bits per heavy atom. The highest BCUT2D eigenvalue weighted by atomic mass is 16.6. The van der Waals surface area contributed by atoms with E-state index in [1.807, 2.05) is 19.1 Å². The van der Waals surface area contributed by atoms with E-state index in [1.54, 1.807) is 12.1 Å². The number of Topliss-reactive ketones (excluding diaryl/α,β-unsaturated/α-hetero) is 1. The number of hydrogen-bond donors (Lipinski definition) is 0. The van der Waals surface area contributed by atoms with Crippen LogP contribution in [-0.2, 0) is 9.53 Å². The van der Waals surface area contributed by atoms with Crippen molar-refractivity contribution in [1.29, 1.82) is 0 Å². The third kappa shape index (κ3) is 3.19. The SMILES string of the molecule is Cc1ccc(C(=O)CCC(=O)N2CCOC2=O)cc1. The summed E-state index contributed by atoms with van der Waals surface area (Å²) >= 11 is 0. The fraction of sp³-hybridized carbons (Fsp3) is 0.357. The van der Waals surface area contributed by atoms with Crippen LogP contribution in [0.25, 0.3) is 0 Å². The smallest absolute Gasteiger partial charge is 0.416 e. The first-order valence-electron chi connectivity index (χ1n) is 6.15. The Hall–Kier alpha value is -2.17. The molecule has 1 heterocycles. The summed E-state index contributed by atoms with van der Waals surface area (Å²) in [6.07, 6.45) is -0.485. The lowest BCUT2D eigenvalue weighted by Crippen LogP contribution is -2.31. The molecule has 0 aromatic heterocycles. The second-order valence-corrected chi connectivity index (χ2v) is 4.45. The van der Waals surface area contributed by atoms with Crippen molar-refractivity contribution in [2.45, 2.75) is 19.8 Å². The molecule has 19 heavy (non-hydrogen) atoms. The van der Waals surface area contributed by atoms with Gasteiger partial charge in [-0.15, -0.1) is 0 Å². The van der Waals surface area contributed by atoms with Crippen molar-refractivity contribution in [3.8, 4) is 0 Å². The molecule has 5 heteroatoms. The van der Waals surface area contributed by atoms with Crippen LogP contribution in [0.3, 0.4) is 0 Å². The lowest BCUT2D eigenvalue weighted by Gasteiger charge is -2.09. The number of rotatable bonds is 4. The van der Waals surface area contributed by atoms with Crippen molar-refractivity contribution >= 4 is 17.8 Å². The van der Waals surface area contributed by atoms with Crippen LogP contribution in [0.1, 0.15) is 28.8 Å². The number of imide groups is 1. The van der Waals surface area contributed by atoms with Gasteiger partial charge in [0.05, 0.1) is 6.54 Å². The zero-order chi connectivity index (χ0) is 13.8. The number of benzene rings is 1. The number of ketones is 1. The van der Waals surface area contributed by atoms with Gasteiger partial charge >= 0.3 is 6.09 Å². The molecule has 1 saturated heterocycles. The number of nitrogens with zero attached hydrogens (tertiary/aromatic N) is 1. The molecular weight excluding hydrogens is 246 g/mol. The van der Waals surface area contributed by atoms with Gasteiger partial charge in [-0.1, -0.05) is 29.8 Å². The molecule has 1 aliphatic rings. The standard InChI is InChI=1S/C14H15NO4/c1-10-2-4-11(5-3-10)12(16)6-7-13(17)15-8-9-19-14(15)18/h2-5H,6-9H2,1H3. The van der Waals surface area contributed by atoms with E-state index in [9.17, 15) is 14.4 Å². The number of amides is 2.